The predicted octanol–water partition coefficient (Wildman–Crippen LogP) is -0.738. The maximum atomic E-state index is 12.0. The molecule has 2 unspecified atom stereocenters. The first kappa shape index (κ1) is 16.2. The van der Waals surface area contributed by atoms with Gasteiger partial charge in [0, 0.05) is 13.0 Å². The van der Waals surface area contributed by atoms with Crippen LogP contribution >= 0.6 is 0 Å². The lowest BCUT2D eigenvalue weighted by molar-refractivity contribution is -0.139. The van der Waals surface area contributed by atoms with Gasteiger partial charge >= 0.3 is 12.0 Å². The molecule has 114 valence electrons. The van der Waals surface area contributed by atoms with E-state index in [2.05, 4.69) is 5.32 Å². The summed E-state index contributed by atoms with van der Waals surface area (Å²) >= 11 is 0. The third-order valence-electron chi connectivity index (χ3n) is 3.24. The fourth-order valence-corrected chi connectivity index (χ4v) is 2.18. The molecule has 20 heavy (non-hydrogen) atoms. The standard InChI is InChI=1S/C12H21N3O5/c1-12(20)5-2-6-15(7-12)11(19)14-8(10(17)18)3-4-9(13)16/h8,20H,2-7H2,1H3,(H2,13,16)(H,14,19)(H,17,18). The summed E-state index contributed by atoms with van der Waals surface area (Å²) in [5.41, 5.74) is 4.01. The highest BCUT2D eigenvalue weighted by molar-refractivity contribution is 5.83. The molecule has 0 spiro atoms. The minimum Gasteiger partial charge on any atom is -0.480 e. The van der Waals surface area contributed by atoms with Crippen LogP contribution in [0.3, 0.4) is 0 Å². The van der Waals surface area contributed by atoms with Crippen molar-refractivity contribution in [3.05, 3.63) is 0 Å². The number of nitrogens with two attached hydrogens (primary N) is 1. The van der Waals surface area contributed by atoms with Gasteiger partial charge in [0.1, 0.15) is 6.04 Å². The first-order valence-corrected chi connectivity index (χ1v) is 6.50. The van der Waals surface area contributed by atoms with Crippen molar-refractivity contribution in [2.45, 2.75) is 44.2 Å². The number of primary amides is 1. The molecule has 5 N–H and O–H groups in total. The summed E-state index contributed by atoms with van der Waals surface area (Å²) in [6.07, 6.45) is 1.08. The number of carboxylic acids is 1. The molecule has 2 atom stereocenters. The number of nitrogens with zero attached hydrogens (tertiary/aromatic N) is 1. The number of aliphatic carboxylic acids is 1. The van der Waals surface area contributed by atoms with E-state index in [9.17, 15) is 19.5 Å². The zero-order valence-electron chi connectivity index (χ0n) is 11.5. The Morgan fingerprint density at radius 1 is 1.45 bits per heavy atom. The Labute approximate surface area is 116 Å². The smallest absolute Gasteiger partial charge is 0.326 e. The molecule has 3 amide bonds. The van der Waals surface area contributed by atoms with Crippen molar-refractivity contribution >= 4 is 17.9 Å². The van der Waals surface area contributed by atoms with Gasteiger partial charge in [-0.15, -0.1) is 0 Å². The first-order chi connectivity index (χ1) is 9.21. The van der Waals surface area contributed by atoms with Gasteiger partial charge in [-0.05, 0) is 26.2 Å². The van der Waals surface area contributed by atoms with Crippen molar-refractivity contribution in [3.8, 4) is 0 Å². The summed E-state index contributed by atoms with van der Waals surface area (Å²) < 4.78 is 0. The Balaban J connectivity index is 2.57. The topological polar surface area (TPSA) is 133 Å². The van der Waals surface area contributed by atoms with E-state index in [4.69, 9.17) is 10.8 Å². The highest BCUT2D eigenvalue weighted by atomic mass is 16.4. The zero-order chi connectivity index (χ0) is 15.3. The van der Waals surface area contributed by atoms with E-state index in [1.807, 2.05) is 0 Å². The van der Waals surface area contributed by atoms with Gasteiger partial charge in [0.05, 0.1) is 12.1 Å². The van der Waals surface area contributed by atoms with E-state index in [1.54, 1.807) is 6.92 Å². The number of likely N-dealkylation sites (tertiary alicyclic amines) is 1. The molecule has 0 aliphatic carbocycles. The highest BCUT2D eigenvalue weighted by Gasteiger charge is 2.32. The van der Waals surface area contributed by atoms with Crippen LogP contribution in [-0.4, -0.2) is 57.8 Å². The van der Waals surface area contributed by atoms with Crippen molar-refractivity contribution in [2.75, 3.05) is 13.1 Å². The van der Waals surface area contributed by atoms with Crippen LogP contribution in [0.1, 0.15) is 32.6 Å². The van der Waals surface area contributed by atoms with Gasteiger partial charge in [0.15, 0.2) is 0 Å². The van der Waals surface area contributed by atoms with Crippen LogP contribution in [0.2, 0.25) is 0 Å². The maximum absolute atomic E-state index is 12.0. The number of carbonyl (C=O) groups is 3. The molecule has 0 aromatic carbocycles. The number of aliphatic hydroxyl groups is 1. The number of amides is 3. The normalized spacial score (nSPS) is 24.0. The molecule has 0 aromatic heterocycles. The van der Waals surface area contributed by atoms with E-state index < -0.39 is 29.6 Å². The maximum Gasteiger partial charge on any atom is 0.326 e. The Morgan fingerprint density at radius 2 is 2.10 bits per heavy atom. The Kier molecular flexibility index (Phi) is 5.32. The predicted molar refractivity (Wildman–Crippen MR) is 69.8 cm³/mol. The number of carbonyl (C=O) groups excluding carboxylic acids is 2. The lowest BCUT2D eigenvalue weighted by atomic mass is 9.95. The summed E-state index contributed by atoms with van der Waals surface area (Å²) in [6.45, 7) is 2.25. The molecular weight excluding hydrogens is 266 g/mol. The van der Waals surface area contributed by atoms with Gasteiger partial charge in [0.2, 0.25) is 5.91 Å². The molecule has 0 aromatic rings. The Bertz CT molecular complexity index is 397. The zero-order valence-corrected chi connectivity index (χ0v) is 11.5. The molecule has 8 heteroatoms. The molecule has 8 nitrogen and oxygen atoms in total. The van der Waals surface area contributed by atoms with Crippen molar-refractivity contribution in [3.63, 3.8) is 0 Å². The Morgan fingerprint density at radius 3 is 2.60 bits per heavy atom. The number of rotatable bonds is 5. The molecule has 1 aliphatic heterocycles. The van der Waals surface area contributed by atoms with Gasteiger partial charge < -0.3 is 26.2 Å². The molecule has 0 bridgehead atoms. The molecule has 0 radical (unpaired) electrons. The molecule has 1 heterocycles. The summed E-state index contributed by atoms with van der Waals surface area (Å²) in [7, 11) is 0. The summed E-state index contributed by atoms with van der Waals surface area (Å²) in [4.78, 5) is 35.0. The molecular formula is C12H21N3O5. The molecule has 1 aliphatic rings. The van der Waals surface area contributed by atoms with E-state index in [0.717, 1.165) is 0 Å². The number of β-amino-alcohol motifs (C(OH)–C–C–N with tert-alkyl or cyclic N) is 1. The van der Waals surface area contributed by atoms with E-state index in [1.165, 1.54) is 4.90 Å². The van der Waals surface area contributed by atoms with E-state index in [-0.39, 0.29) is 19.4 Å². The van der Waals surface area contributed by atoms with Crippen LogP contribution < -0.4 is 11.1 Å². The van der Waals surface area contributed by atoms with Gasteiger partial charge in [0.25, 0.3) is 0 Å². The number of carboxylic acid groups (broad SMARTS) is 1. The van der Waals surface area contributed by atoms with Crippen LogP contribution in [0.15, 0.2) is 0 Å². The minimum atomic E-state index is -1.22. The number of nitrogens with one attached hydrogen (secondary N) is 1. The van der Waals surface area contributed by atoms with Crippen LogP contribution in [0.5, 0.6) is 0 Å². The third kappa shape index (κ3) is 5.04. The van der Waals surface area contributed by atoms with Gasteiger partial charge in [-0.3, -0.25) is 4.79 Å². The van der Waals surface area contributed by atoms with Crippen LogP contribution in [0.4, 0.5) is 4.79 Å². The molecule has 1 rings (SSSR count). The number of urea groups is 1. The third-order valence-corrected chi connectivity index (χ3v) is 3.24. The molecule has 1 fully saturated rings. The summed E-state index contributed by atoms with van der Waals surface area (Å²) in [6, 6.07) is -1.72. The van der Waals surface area contributed by atoms with Crippen LogP contribution in [0.25, 0.3) is 0 Å². The second-order valence-electron chi connectivity index (χ2n) is 5.37. The van der Waals surface area contributed by atoms with Gasteiger partial charge in [-0.1, -0.05) is 0 Å². The van der Waals surface area contributed by atoms with E-state index in [0.29, 0.717) is 19.4 Å². The van der Waals surface area contributed by atoms with Crippen LogP contribution in [0, 0.1) is 0 Å². The van der Waals surface area contributed by atoms with Gasteiger partial charge in [-0.25, -0.2) is 9.59 Å². The second kappa shape index (κ2) is 6.56. The highest BCUT2D eigenvalue weighted by Crippen LogP contribution is 2.20. The van der Waals surface area contributed by atoms with Crippen LogP contribution in [-0.2, 0) is 9.59 Å². The van der Waals surface area contributed by atoms with Crippen molar-refractivity contribution < 1.29 is 24.6 Å². The summed E-state index contributed by atoms with van der Waals surface area (Å²) in [5.74, 6) is -1.84. The monoisotopic (exact) mass is 287 g/mol. The lowest BCUT2D eigenvalue weighted by Crippen LogP contribution is -2.54. The van der Waals surface area contributed by atoms with Crippen molar-refractivity contribution in [1.82, 2.24) is 10.2 Å². The molecule has 0 saturated carbocycles. The second-order valence-corrected chi connectivity index (χ2v) is 5.37. The van der Waals surface area contributed by atoms with Crippen molar-refractivity contribution in [1.29, 1.82) is 0 Å². The number of piperidine rings is 1. The van der Waals surface area contributed by atoms with Crippen molar-refractivity contribution in [2.24, 2.45) is 5.73 Å². The van der Waals surface area contributed by atoms with Gasteiger partial charge in [-0.2, -0.15) is 0 Å². The number of hydrogen-bond donors (Lipinski definition) is 4. The largest absolute Gasteiger partial charge is 0.480 e. The average molecular weight is 287 g/mol. The first-order valence-electron chi connectivity index (χ1n) is 6.50. The van der Waals surface area contributed by atoms with E-state index >= 15 is 0 Å². The SMILES string of the molecule is CC1(O)CCCN(C(=O)NC(CCC(N)=O)C(=O)O)C1. The molecule has 1 saturated heterocycles. The quantitative estimate of drug-likeness (QED) is 0.528. The fraction of sp³-hybridized carbons (Fsp3) is 0.750. The lowest BCUT2D eigenvalue weighted by Gasteiger charge is -2.37. The average Bonchev–Trinajstić information content (AvgIpc) is 2.32. The summed E-state index contributed by atoms with van der Waals surface area (Å²) in [5, 5.41) is 21.3. The minimum absolute atomic E-state index is 0.0549. The fourth-order valence-electron chi connectivity index (χ4n) is 2.18. The Hall–Kier alpha value is -1.83. The number of hydrogen-bond acceptors (Lipinski definition) is 4.